The van der Waals surface area contributed by atoms with E-state index in [4.69, 9.17) is 0 Å². The number of unbranched alkanes of at least 4 members (excludes halogenated alkanes) is 24. The first-order valence-corrected chi connectivity index (χ1v) is 26.6. The predicted octanol–water partition coefficient (Wildman–Crippen LogP) is 17.5. The first kappa shape index (κ1) is 60.1. The topological polar surface area (TPSA) is 69.6 Å². The molecule has 0 aromatic rings. The van der Waals surface area contributed by atoms with E-state index in [0.717, 1.165) is 83.5 Å². The third-order valence-electron chi connectivity index (χ3n) is 11.5. The van der Waals surface area contributed by atoms with Gasteiger partial charge in [0.1, 0.15) is 0 Å². The van der Waals surface area contributed by atoms with Gasteiger partial charge in [-0.05, 0) is 89.9 Å². The predicted molar refractivity (Wildman–Crippen MR) is 280 cm³/mol. The van der Waals surface area contributed by atoms with Crippen LogP contribution < -0.4 is 5.32 Å². The SMILES string of the molecule is CC/C=C\C/C=C\C/C=C\C/C=C\C/C=C\C/C=C\C/C=C\CCCCCCCCCCCC(=O)NC(CO)C(O)/C=C/CC/C=C/CCCCCCCCCCCCCCCC. The van der Waals surface area contributed by atoms with Crippen molar-refractivity contribution in [2.24, 2.45) is 0 Å². The van der Waals surface area contributed by atoms with Crippen LogP contribution in [0.3, 0.4) is 0 Å². The van der Waals surface area contributed by atoms with Gasteiger partial charge in [0, 0.05) is 6.42 Å². The van der Waals surface area contributed by atoms with E-state index in [0.29, 0.717) is 6.42 Å². The van der Waals surface area contributed by atoms with E-state index in [1.807, 2.05) is 6.08 Å². The van der Waals surface area contributed by atoms with Gasteiger partial charge in [-0.2, -0.15) is 0 Å². The molecular weight excluding hydrogens is 771 g/mol. The minimum absolute atomic E-state index is 0.0839. The Kier molecular flexibility index (Phi) is 50.9. The average molecular weight is 872 g/mol. The number of carbonyl (C=O) groups excluding carboxylic acids is 1. The van der Waals surface area contributed by atoms with E-state index in [2.05, 4.69) is 116 Å². The molecule has 0 spiro atoms. The van der Waals surface area contributed by atoms with Gasteiger partial charge >= 0.3 is 0 Å². The summed E-state index contributed by atoms with van der Waals surface area (Å²) >= 11 is 0. The lowest BCUT2D eigenvalue weighted by atomic mass is 10.0. The Morgan fingerprint density at radius 1 is 0.397 bits per heavy atom. The molecule has 63 heavy (non-hydrogen) atoms. The number of aliphatic hydroxyl groups excluding tert-OH is 2. The molecule has 0 aliphatic rings. The Hall–Kier alpha value is -2.95. The van der Waals surface area contributed by atoms with Crippen molar-refractivity contribution in [1.29, 1.82) is 0 Å². The van der Waals surface area contributed by atoms with Crippen molar-refractivity contribution in [1.82, 2.24) is 5.32 Å². The smallest absolute Gasteiger partial charge is 0.220 e. The zero-order valence-corrected chi connectivity index (χ0v) is 41.3. The molecule has 360 valence electrons. The second-order valence-corrected chi connectivity index (χ2v) is 17.6. The molecule has 0 aromatic heterocycles. The van der Waals surface area contributed by atoms with Gasteiger partial charge in [0.2, 0.25) is 5.91 Å². The average Bonchev–Trinajstić information content (AvgIpc) is 3.29. The number of rotatable bonds is 47. The molecule has 0 heterocycles. The second kappa shape index (κ2) is 53.4. The maximum absolute atomic E-state index is 12.5. The van der Waals surface area contributed by atoms with Gasteiger partial charge in [-0.25, -0.2) is 0 Å². The van der Waals surface area contributed by atoms with E-state index in [1.54, 1.807) is 6.08 Å². The maximum atomic E-state index is 12.5. The van der Waals surface area contributed by atoms with E-state index in [9.17, 15) is 15.0 Å². The van der Waals surface area contributed by atoms with Gasteiger partial charge < -0.3 is 15.5 Å². The van der Waals surface area contributed by atoms with Gasteiger partial charge in [-0.15, -0.1) is 0 Å². The molecule has 2 unspecified atom stereocenters. The molecule has 4 heteroatoms. The van der Waals surface area contributed by atoms with E-state index in [-0.39, 0.29) is 12.5 Å². The van der Waals surface area contributed by atoms with Crippen LogP contribution in [0.5, 0.6) is 0 Å². The van der Waals surface area contributed by atoms with Gasteiger partial charge in [-0.3, -0.25) is 4.79 Å². The van der Waals surface area contributed by atoms with Crippen molar-refractivity contribution < 1.29 is 15.0 Å². The third-order valence-corrected chi connectivity index (χ3v) is 11.5. The van der Waals surface area contributed by atoms with Crippen LogP contribution in [0.2, 0.25) is 0 Å². The molecule has 0 aromatic carbocycles. The number of hydrogen-bond acceptors (Lipinski definition) is 3. The number of allylic oxidation sites excluding steroid dienone is 17. The van der Waals surface area contributed by atoms with Crippen LogP contribution >= 0.6 is 0 Å². The summed E-state index contributed by atoms with van der Waals surface area (Å²) in [5.74, 6) is -0.0839. The highest BCUT2D eigenvalue weighted by Gasteiger charge is 2.17. The number of hydrogen-bond donors (Lipinski definition) is 3. The number of nitrogens with one attached hydrogen (secondary N) is 1. The monoisotopic (exact) mass is 872 g/mol. The van der Waals surface area contributed by atoms with Crippen LogP contribution in [0.25, 0.3) is 0 Å². The van der Waals surface area contributed by atoms with Crippen molar-refractivity contribution >= 4 is 5.91 Å². The lowest BCUT2D eigenvalue weighted by molar-refractivity contribution is -0.123. The summed E-state index contributed by atoms with van der Waals surface area (Å²) < 4.78 is 0. The van der Waals surface area contributed by atoms with Gasteiger partial charge in [0.25, 0.3) is 0 Å². The van der Waals surface area contributed by atoms with Crippen LogP contribution in [-0.2, 0) is 4.79 Å². The molecule has 0 fully saturated rings. The zero-order valence-electron chi connectivity index (χ0n) is 41.3. The standard InChI is InChI=1S/C59H101NO3/c1-3-5-7-9-11-13-15-17-19-21-23-25-26-27-28-29-30-31-32-33-34-35-37-39-41-43-45-47-49-51-53-55-59(63)60-57(56-61)58(62)54-52-50-48-46-44-42-40-38-36-24-22-20-18-16-14-12-10-8-6-4-2/h5,7,11,13,17,19,23,25,27-28,30-31,33-34,44,46,52,54,57-58,61-62H,3-4,6,8-10,12,14-16,18,20-22,24,26,29,32,35-43,45,47-51,53,55-56H2,1-2H3,(H,60,63)/b7-5-,13-11-,19-17-,25-23-,28-27-,31-30-,34-33-,46-44+,54-52+. The first-order valence-electron chi connectivity index (χ1n) is 26.6. The fourth-order valence-corrected chi connectivity index (χ4v) is 7.47. The summed E-state index contributed by atoms with van der Waals surface area (Å²) in [5, 5.41) is 23.1. The molecule has 0 aliphatic heterocycles. The van der Waals surface area contributed by atoms with Crippen molar-refractivity contribution in [2.45, 2.75) is 251 Å². The van der Waals surface area contributed by atoms with E-state index < -0.39 is 12.1 Å². The van der Waals surface area contributed by atoms with Crippen molar-refractivity contribution in [2.75, 3.05) is 6.61 Å². The quantitative estimate of drug-likeness (QED) is 0.0421. The van der Waals surface area contributed by atoms with Gasteiger partial charge in [0.15, 0.2) is 0 Å². The number of carbonyl (C=O) groups is 1. The zero-order chi connectivity index (χ0) is 45.6. The first-order chi connectivity index (χ1) is 31.2. The minimum atomic E-state index is -0.872. The van der Waals surface area contributed by atoms with Crippen LogP contribution in [0, 0.1) is 0 Å². The molecule has 1 amide bonds. The fourth-order valence-electron chi connectivity index (χ4n) is 7.47. The summed E-state index contributed by atoms with van der Waals surface area (Å²) in [5.41, 5.74) is 0. The fraction of sp³-hybridized carbons (Fsp3) is 0.678. The van der Waals surface area contributed by atoms with Crippen molar-refractivity contribution in [3.05, 3.63) is 109 Å². The van der Waals surface area contributed by atoms with Crippen LogP contribution in [0.1, 0.15) is 239 Å². The molecule has 0 saturated carbocycles. The number of aliphatic hydroxyl groups is 2. The third kappa shape index (κ3) is 49.9. The summed E-state index contributed by atoms with van der Waals surface area (Å²) in [6.45, 7) is 4.18. The molecule has 3 N–H and O–H groups in total. The van der Waals surface area contributed by atoms with Gasteiger partial charge in [-0.1, -0.05) is 252 Å². The Bertz CT molecular complexity index is 1220. The molecule has 0 saturated heterocycles. The minimum Gasteiger partial charge on any atom is -0.394 e. The lowest BCUT2D eigenvalue weighted by Gasteiger charge is -2.19. The Labute approximate surface area is 391 Å². The Balaban J connectivity index is 3.63. The van der Waals surface area contributed by atoms with Crippen LogP contribution in [0.4, 0.5) is 0 Å². The largest absolute Gasteiger partial charge is 0.394 e. The van der Waals surface area contributed by atoms with E-state index in [1.165, 1.54) is 135 Å². The Morgan fingerprint density at radius 3 is 1.11 bits per heavy atom. The molecule has 0 rings (SSSR count). The molecule has 0 bridgehead atoms. The highest BCUT2D eigenvalue weighted by atomic mass is 16.3. The summed E-state index contributed by atoms with van der Waals surface area (Å²) in [4.78, 5) is 12.5. The maximum Gasteiger partial charge on any atom is 0.220 e. The molecule has 0 aliphatic carbocycles. The highest BCUT2D eigenvalue weighted by molar-refractivity contribution is 5.76. The number of amides is 1. The van der Waals surface area contributed by atoms with Crippen molar-refractivity contribution in [3.63, 3.8) is 0 Å². The molecular formula is C59H101NO3. The van der Waals surface area contributed by atoms with Crippen LogP contribution in [-0.4, -0.2) is 34.9 Å². The van der Waals surface area contributed by atoms with Gasteiger partial charge in [0.05, 0.1) is 18.8 Å². The van der Waals surface area contributed by atoms with E-state index >= 15 is 0 Å². The lowest BCUT2D eigenvalue weighted by Crippen LogP contribution is -2.45. The summed E-state index contributed by atoms with van der Waals surface area (Å²) in [6.07, 6.45) is 80.8. The van der Waals surface area contributed by atoms with Crippen molar-refractivity contribution in [3.8, 4) is 0 Å². The van der Waals surface area contributed by atoms with Crippen LogP contribution in [0.15, 0.2) is 109 Å². The normalized spacial score (nSPS) is 13.8. The summed E-state index contributed by atoms with van der Waals surface area (Å²) in [7, 11) is 0. The Morgan fingerprint density at radius 2 is 0.714 bits per heavy atom. The molecule has 2 atom stereocenters. The molecule has 0 radical (unpaired) electrons. The highest BCUT2D eigenvalue weighted by Crippen LogP contribution is 2.15. The second-order valence-electron chi connectivity index (χ2n) is 17.6. The summed E-state index contributed by atoms with van der Waals surface area (Å²) in [6, 6.07) is -0.650. The molecule has 4 nitrogen and oxygen atoms in total.